The standard InChI is InChI=1S/C10H9ClN4.C9H5Cl2N3/c1-12-9-5-8(14-6-15-9)7-3-2-4-13-10(7)11;10-8-4-7(13-5-14-8)6-2-1-3-12-9(6)11/h2-6H,1H3,(H,12,14,15);1-5H. The second-order valence-electron chi connectivity index (χ2n) is 5.45. The molecule has 0 saturated heterocycles. The van der Waals surface area contributed by atoms with Gasteiger partial charge in [0.05, 0.1) is 11.4 Å². The van der Waals surface area contributed by atoms with E-state index in [1.165, 1.54) is 12.7 Å². The van der Waals surface area contributed by atoms with E-state index in [1.807, 2.05) is 24.3 Å². The average Bonchev–Trinajstić information content (AvgIpc) is 2.75. The first-order chi connectivity index (χ1) is 14.1. The highest BCUT2D eigenvalue weighted by Crippen LogP contribution is 2.25. The van der Waals surface area contributed by atoms with Gasteiger partial charge in [-0.15, -0.1) is 0 Å². The van der Waals surface area contributed by atoms with E-state index in [-0.39, 0.29) is 0 Å². The number of hydrogen-bond acceptors (Lipinski definition) is 7. The van der Waals surface area contributed by atoms with Crippen LogP contribution in [0.25, 0.3) is 22.5 Å². The van der Waals surface area contributed by atoms with Gasteiger partial charge < -0.3 is 5.32 Å². The monoisotopic (exact) mass is 445 g/mol. The zero-order chi connectivity index (χ0) is 20.6. The minimum Gasteiger partial charge on any atom is -0.373 e. The first-order valence-corrected chi connectivity index (χ1v) is 9.41. The molecule has 4 aromatic rings. The number of anilines is 1. The third-order valence-corrected chi connectivity index (χ3v) is 4.44. The highest BCUT2D eigenvalue weighted by molar-refractivity contribution is 6.32. The van der Waals surface area contributed by atoms with Crippen LogP contribution < -0.4 is 5.32 Å². The number of rotatable bonds is 3. The van der Waals surface area contributed by atoms with Crippen molar-refractivity contribution < 1.29 is 0 Å². The third kappa shape index (κ3) is 5.57. The molecule has 0 fully saturated rings. The second kappa shape index (κ2) is 10.1. The normalized spacial score (nSPS) is 10.1. The summed E-state index contributed by atoms with van der Waals surface area (Å²) in [5.41, 5.74) is 2.98. The van der Waals surface area contributed by atoms with Gasteiger partial charge in [0.15, 0.2) is 0 Å². The van der Waals surface area contributed by atoms with Crippen LogP contribution in [0.2, 0.25) is 15.5 Å². The van der Waals surface area contributed by atoms with Crippen LogP contribution in [0.15, 0.2) is 61.4 Å². The zero-order valence-electron chi connectivity index (χ0n) is 15.1. The van der Waals surface area contributed by atoms with Crippen molar-refractivity contribution in [3.63, 3.8) is 0 Å². The maximum absolute atomic E-state index is 5.96. The molecule has 0 aliphatic carbocycles. The smallest absolute Gasteiger partial charge is 0.138 e. The van der Waals surface area contributed by atoms with Gasteiger partial charge in [-0.2, -0.15) is 0 Å². The highest BCUT2D eigenvalue weighted by Gasteiger charge is 2.06. The molecule has 0 bridgehead atoms. The van der Waals surface area contributed by atoms with Gasteiger partial charge in [0.2, 0.25) is 0 Å². The molecule has 0 unspecified atom stereocenters. The van der Waals surface area contributed by atoms with E-state index in [4.69, 9.17) is 34.8 Å². The van der Waals surface area contributed by atoms with E-state index in [1.54, 1.807) is 31.6 Å². The Kier molecular flexibility index (Phi) is 7.24. The number of hydrogen-bond donors (Lipinski definition) is 1. The lowest BCUT2D eigenvalue weighted by Gasteiger charge is -2.03. The molecule has 0 amide bonds. The van der Waals surface area contributed by atoms with E-state index >= 15 is 0 Å². The first-order valence-electron chi connectivity index (χ1n) is 8.27. The molecule has 4 aromatic heterocycles. The fraction of sp³-hybridized carbons (Fsp3) is 0.0526. The van der Waals surface area contributed by atoms with Gasteiger partial charge in [0.25, 0.3) is 0 Å². The van der Waals surface area contributed by atoms with E-state index in [0.717, 1.165) is 22.6 Å². The van der Waals surface area contributed by atoms with Crippen molar-refractivity contribution in [1.82, 2.24) is 29.9 Å². The lowest BCUT2D eigenvalue weighted by Crippen LogP contribution is -1.94. The average molecular weight is 447 g/mol. The Balaban J connectivity index is 0.000000166. The molecule has 0 atom stereocenters. The van der Waals surface area contributed by atoms with E-state index in [9.17, 15) is 0 Å². The van der Waals surface area contributed by atoms with E-state index in [2.05, 4.69) is 35.2 Å². The minimum absolute atomic E-state index is 0.384. The fourth-order valence-electron chi connectivity index (χ4n) is 2.28. The van der Waals surface area contributed by atoms with Crippen molar-refractivity contribution in [3.8, 4) is 22.5 Å². The maximum Gasteiger partial charge on any atom is 0.138 e. The van der Waals surface area contributed by atoms with Crippen LogP contribution in [0.3, 0.4) is 0 Å². The molecule has 10 heteroatoms. The summed E-state index contributed by atoms with van der Waals surface area (Å²) in [7, 11) is 1.80. The molecule has 0 spiro atoms. The summed E-state index contributed by atoms with van der Waals surface area (Å²) in [6, 6.07) is 10.8. The van der Waals surface area contributed by atoms with Crippen molar-refractivity contribution in [2.75, 3.05) is 12.4 Å². The van der Waals surface area contributed by atoms with Crippen LogP contribution in [-0.4, -0.2) is 37.0 Å². The maximum atomic E-state index is 5.96. The quantitative estimate of drug-likeness (QED) is 0.347. The van der Waals surface area contributed by atoms with Crippen LogP contribution in [0.1, 0.15) is 0 Å². The van der Waals surface area contributed by atoms with Gasteiger partial charge >= 0.3 is 0 Å². The summed E-state index contributed by atoms with van der Waals surface area (Å²) in [5, 5.41) is 4.17. The molecule has 29 heavy (non-hydrogen) atoms. The van der Waals surface area contributed by atoms with Gasteiger partial charge in [-0.25, -0.2) is 29.9 Å². The fourth-order valence-corrected chi connectivity index (χ4v) is 2.86. The minimum atomic E-state index is 0.384. The lowest BCUT2D eigenvalue weighted by molar-refractivity contribution is 1.16. The van der Waals surface area contributed by atoms with Crippen molar-refractivity contribution in [2.45, 2.75) is 0 Å². The second-order valence-corrected chi connectivity index (χ2v) is 6.55. The Morgan fingerprint density at radius 1 is 0.690 bits per heavy atom. The molecule has 1 N–H and O–H groups in total. The molecule has 0 radical (unpaired) electrons. The Morgan fingerprint density at radius 2 is 1.24 bits per heavy atom. The van der Waals surface area contributed by atoms with Crippen molar-refractivity contribution in [2.24, 2.45) is 0 Å². The first kappa shape index (κ1) is 20.9. The predicted octanol–water partition coefficient (Wildman–Crippen LogP) is 5.08. The van der Waals surface area contributed by atoms with Gasteiger partial charge in [0.1, 0.15) is 33.9 Å². The molecule has 0 aliphatic heterocycles. The lowest BCUT2D eigenvalue weighted by atomic mass is 10.2. The summed E-state index contributed by atoms with van der Waals surface area (Å²) in [6.45, 7) is 0. The Bertz CT molecular complexity index is 1110. The summed E-state index contributed by atoms with van der Waals surface area (Å²) >= 11 is 17.6. The number of pyridine rings is 2. The van der Waals surface area contributed by atoms with Crippen LogP contribution in [0, 0.1) is 0 Å². The van der Waals surface area contributed by atoms with Gasteiger partial charge in [0, 0.05) is 42.7 Å². The largest absolute Gasteiger partial charge is 0.373 e. The summed E-state index contributed by atoms with van der Waals surface area (Å²) in [6.07, 6.45) is 6.14. The van der Waals surface area contributed by atoms with Crippen LogP contribution in [0.5, 0.6) is 0 Å². The topological polar surface area (TPSA) is 89.4 Å². The summed E-state index contributed by atoms with van der Waals surface area (Å²) in [4.78, 5) is 23.9. The molecule has 4 heterocycles. The molecule has 146 valence electrons. The van der Waals surface area contributed by atoms with Crippen LogP contribution >= 0.6 is 34.8 Å². The van der Waals surface area contributed by atoms with Crippen LogP contribution in [0.4, 0.5) is 5.82 Å². The summed E-state index contributed by atoms with van der Waals surface area (Å²) < 4.78 is 0. The molecule has 0 aromatic carbocycles. The number of halogens is 3. The Hall–Kier alpha value is -2.87. The molecular formula is C19H14Cl3N7. The van der Waals surface area contributed by atoms with E-state index < -0.39 is 0 Å². The van der Waals surface area contributed by atoms with Crippen molar-refractivity contribution in [1.29, 1.82) is 0 Å². The third-order valence-electron chi connectivity index (χ3n) is 3.63. The molecular weight excluding hydrogens is 433 g/mol. The van der Waals surface area contributed by atoms with Gasteiger partial charge in [-0.05, 0) is 24.3 Å². The SMILES string of the molecule is CNc1cc(-c2cccnc2Cl)ncn1.Clc1cc(-c2cccnc2Cl)ncn1. The highest BCUT2D eigenvalue weighted by atomic mass is 35.5. The molecule has 0 saturated carbocycles. The molecule has 0 aliphatic rings. The summed E-state index contributed by atoms with van der Waals surface area (Å²) in [5.74, 6) is 0.750. The Labute approximate surface area is 182 Å². The zero-order valence-corrected chi connectivity index (χ0v) is 17.4. The molecule has 7 nitrogen and oxygen atoms in total. The van der Waals surface area contributed by atoms with Crippen molar-refractivity contribution >= 4 is 40.6 Å². The van der Waals surface area contributed by atoms with E-state index in [0.29, 0.717) is 21.2 Å². The number of aromatic nitrogens is 6. The number of nitrogens with one attached hydrogen (secondary N) is 1. The number of nitrogens with zero attached hydrogens (tertiary/aromatic N) is 6. The van der Waals surface area contributed by atoms with Crippen LogP contribution in [-0.2, 0) is 0 Å². The van der Waals surface area contributed by atoms with Crippen molar-refractivity contribution in [3.05, 3.63) is 76.9 Å². The van der Waals surface area contributed by atoms with Gasteiger partial charge in [-0.1, -0.05) is 34.8 Å². The Morgan fingerprint density at radius 3 is 1.76 bits per heavy atom. The molecule has 4 rings (SSSR count). The van der Waals surface area contributed by atoms with Gasteiger partial charge in [-0.3, -0.25) is 0 Å². The predicted molar refractivity (Wildman–Crippen MR) is 115 cm³/mol.